The highest BCUT2D eigenvalue weighted by molar-refractivity contribution is 8.11. The molecule has 0 spiro atoms. The maximum absolute atomic E-state index is 4.06. The number of thioether (sulfide) groups is 1. The first-order chi connectivity index (χ1) is 3.81. The first-order valence-electron chi connectivity index (χ1n) is 2.49. The zero-order valence-electron chi connectivity index (χ0n) is 5.51. The van der Waals surface area contributed by atoms with Crippen LogP contribution in [0.2, 0.25) is 0 Å². The van der Waals surface area contributed by atoms with E-state index in [1.165, 1.54) is 0 Å². The topological polar surface area (TPSA) is 12.4 Å². The van der Waals surface area contributed by atoms with Crippen LogP contribution in [0.1, 0.15) is 13.8 Å². The van der Waals surface area contributed by atoms with Gasteiger partial charge in [0.05, 0.1) is 5.55 Å². The Labute approximate surface area is 54.9 Å². The molecule has 0 aliphatic rings. The van der Waals surface area contributed by atoms with Crippen molar-refractivity contribution < 1.29 is 0 Å². The molecule has 0 aromatic rings. The van der Waals surface area contributed by atoms with Gasteiger partial charge in [-0.3, -0.25) is 4.99 Å². The Morgan fingerprint density at radius 1 is 1.62 bits per heavy atom. The number of hydrogen-bond acceptors (Lipinski definition) is 2. The van der Waals surface area contributed by atoms with E-state index >= 15 is 0 Å². The van der Waals surface area contributed by atoms with E-state index in [-0.39, 0.29) is 0 Å². The average Bonchev–Trinajstić information content (AvgIpc) is 1.83. The third kappa shape index (κ3) is 3.93. The second kappa shape index (κ2) is 4.91. The summed E-state index contributed by atoms with van der Waals surface area (Å²) < 4.78 is 0. The largest absolute Gasteiger partial charge is 0.255 e. The van der Waals surface area contributed by atoms with Crippen LogP contribution in [0.4, 0.5) is 0 Å². The summed E-state index contributed by atoms with van der Waals surface area (Å²) in [7, 11) is 0. The minimum atomic E-state index is 1.07. The van der Waals surface area contributed by atoms with Gasteiger partial charge in [0.25, 0.3) is 0 Å². The summed E-state index contributed by atoms with van der Waals surface area (Å²) in [6, 6.07) is 0. The van der Waals surface area contributed by atoms with Crippen molar-refractivity contribution in [3.05, 3.63) is 11.8 Å². The molecule has 0 rings (SSSR count). The van der Waals surface area contributed by atoms with Gasteiger partial charge in [-0.1, -0.05) is 6.08 Å². The maximum atomic E-state index is 4.06. The molecule has 1 nitrogen and oxygen atoms in total. The molecule has 0 atom stereocenters. The first-order valence-corrected chi connectivity index (χ1v) is 3.78. The molecule has 0 aliphatic carbocycles. The van der Waals surface area contributed by atoms with Crippen LogP contribution in [0.5, 0.6) is 0 Å². The molecule has 0 radical (unpaired) electrons. The molecule has 0 heterocycles. The lowest BCUT2D eigenvalue weighted by molar-refractivity contribution is 1.30. The Hall–Kier alpha value is -0.240. The minimum absolute atomic E-state index is 1.07. The number of hydrogen-bond donors (Lipinski definition) is 0. The summed E-state index contributed by atoms with van der Waals surface area (Å²) in [5.41, 5.74) is 2.90. The summed E-state index contributed by atoms with van der Waals surface area (Å²) in [5.74, 6) is 0. The number of nitrogens with zero attached hydrogens (tertiary/aromatic N) is 1. The fraction of sp³-hybridized carbons (Fsp3) is 0.500. The van der Waals surface area contributed by atoms with Crippen LogP contribution < -0.4 is 0 Å². The molecule has 8 heavy (non-hydrogen) atoms. The van der Waals surface area contributed by atoms with Crippen molar-refractivity contribution in [2.45, 2.75) is 13.8 Å². The van der Waals surface area contributed by atoms with Gasteiger partial charge in [-0.15, -0.1) is 11.8 Å². The fourth-order valence-electron chi connectivity index (χ4n) is 0.210. The Balaban J connectivity index is 3.53. The third-order valence-corrected chi connectivity index (χ3v) is 1.10. The molecule has 0 unspecified atom stereocenters. The highest BCUT2D eigenvalue weighted by Gasteiger charge is 1.73. The van der Waals surface area contributed by atoms with E-state index in [0.717, 1.165) is 5.70 Å². The molecule has 2 heteroatoms. The van der Waals surface area contributed by atoms with Crippen molar-refractivity contribution in [2.24, 2.45) is 4.99 Å². The van der Waals surface area contributed by atoms with E-state index in [1.807, 2.05) is 31.7 Å². The molecular weight excluding hydrogens is 118 g/mol. The SMILES string of the molecule is C/C=C(\C)N=CSC. The van der Waals surface area contributed by atoms with E-state index < -0.39 is 0 Å². The molecule has 0 aromatic carbocycles. The lowest BCUT2D eigenvalue weighted by Crippen LogP contribution is -1.65. The van der Waals surface area contributed by atoms with Crippen molar-refractivity contribution in [1.82, 2.24) is 0 Å². The summed E-state index contributed by atoms with van der Waals surface area (Å²) in [4.78, 5) is 4.06. The summed E-state index contributed by atoms with van der Waals surface area (Å²) in [5, 5.41) is 0. The second-order valence-electron chi connectivity index (χ2n) is 1.40. The van der Waals surface area contributed by atoms with Gasteiger partial charge in [0, 0.05) is 5.70 Å². The van der Waals surface area contributed by atoms with E-state index in [1.54, 1.807) is 11.8 Å². The third-order valence-electron chi connectivity index (χ3n) is 0.780. The smallest absolute Gasteiger partial charge is 0.0597 e. The van der Waals surface area contributed by atoms with Crippen molar-refractivity contribution >= 4 is 17.3 Å². The van der Waals surface area contributed by atoms with Crippen LogP contribution in [0.25, 0.3) is 0 Å². The Bertz CT molecular complexity index is 105. The summed E-state index contributed by atoms with van der Waals surface area (Å²) in [6.07, 6.45) is 3.97. The summed E-state index contributed by atoms with van der Waals surface area (Å²) >= 11 is 1.61. The van der Waals surface area contributed by atoms with E-state index in [9.17, 15) is 0 Å². The molecule has 0 saturated heterocycles. The zero-order valence-corrected chi connectivity index (χ0v) is 6.33. The van der Waals surface area contributed by atoms with Gasteiger partial charge >= 0.3 is 0 Å². The van der Waals surface area contributed by atoms with Gasteiger partial charge in [-0.05, 0) is 20.1 Å². The van der Waals surface area contributed by atoms with Crippen LogP contribution in [0, 0.1) is 0 Å². The monoisotopic (exact) mass is 129 g/mol. The normalized spacial score (nSPS) is 13.1. The first kappa shape index (κ1) is 7.76. The quantitative estimate of drug-likeness (QED) is 0.411. The highest BCUT2D eigenvalue weighted by atomic mass is 32.2. The van der Waals surface area contributed by atoms with Gasteiger partial charge in [-0.2, -0.15) is 0 Å². The van der Waals surface area contributed by atoms with E-state index in [4.69, 9.17) is 0 Å². The van der Waals surface area contributed by atoms with E-state index in [0.29, 0.717) is 0 Å². The van der Waals surface area contributed by atoms with Crippen molar-refractivity contribution in [3.8, 4) is 0 Å². The van der Waals surface area contributed by atoms with Crippen molar-refractivity contribution in [2.75, 3.05) is 6.26 Å². The lowest BCUT2D eigenvalue weighted by Gasteiger charge is -1.84. The molecule has 0 aliphatic heterocycles. The predicted molar refractivity (Wildman–Crippen MR) is 41.4 cm³/mol. The zero-order chi connectivity index (χ0) is 6.41. The second-order valence-corrected chi connectivity index (χ2v) is 2.08. The Morgan fingerprint density at radius 2 is 2.25 bits per heavy atom. The average molecular weight is 129 g/mol. The van der Waals surface area contributed by atoms with Crippen molar-refractivity contribution in [1.29, 1.82) is 0 Å². The number of rotatable bonds is 2. The molecule has 0 fully saturated rings. The van der Waals surface area contributed by atoms with Gasteiger partial charge in [0.15, 0.2) is 0 Å². The van der Waals surface area contributed by atoms with Gasteiger partial charge < -0.3 is 0 Å². The Morgan fingerprint density at radius 3 is 2.62 bits per heavy atom. The number of allylic oxidation sites excluding steroid dienone is 2. The minimum Gasteiger partial charge on any atom is -0.255 e. The standard InChI is InChI=1S/C6H11NS/c1-4-6(2)7-5-8-3/h4-5H,1-3H3/b6-4+,7-5?. The highest BCUT2D eigenvalue weighted by Crippen LogP contribution is 1.94. The molecule has 0 bridgehead atoms. The van der Waals surface area contributed by atoms with Gasteiger partial charge in [0.1, 0.15) is 0 Å². The van der Waals surface area contributed by atoms with Gasteiger partial charge in [-0.25, -0.2) is 0 Å². The molecule has 46 valence electrons. The molecule has 0 saturated carbocycles. The molecule has 0 amide bonds. The molecular formula is C6H11NS. The Kier molecular flexibility index (Phi) is 4.76. The fourth-order valence-corrected chi connectivity index (χ4v) is 0.482. The number of aliphatic imine (C=N–C) groups is 1. The molecule has 0 N–H and O–H groups in total. The van der Waals surface area contributed by atoms with Crippen LogP contribution >= 0.6 is 11.8 Å². The van der Waals surface area contributed by atoms with E-state index in [2.05, 4.69) is 4.99 Å². The van der Waals surface area contributed by atoms with Crippen LogP contribution in [0.3, 0.4) is 0 Å². The van der Waals surface area contributed by atoms with Gasteiger partial charge in [0.2, 0.25) is 0 Å². The predicted octanol–water partition coefficient (Wildman–Crippen LogP) is 2.30. The molecule has 0 aromatic heterocycles. The van der Waals surface area contributed by atoms with Crippen LogP contribution in [0.15, 0.2) is 16.8 Å². The summed E-state index contributed by atoms with van der Waals surface area (Å²) in [6.45, 7) is 3.96. The lowest BCUT2D eigenvalue weighted by atomic mass is 10.5. The van der Waals surface area contributed by atoms with Crippen LogP contribution in [-0.2, 0) is 0 Å². The van der Waals surface area contributed by atoms with Crippen molar-refractivity contribution in [3.63, 3.8) is 0 Å². The maximum Gasteiger partial charge on any atom is 0.0597 e. The van der Waals surface area contributed by atoms with Crippen LogP contribution in [-0.4, -0.2) is 11.8 Å².